The van der Waals surface area contributed by atoms with E-state index in [0.29, 0.717) is 28.1 Å². The van der Waals surface area contributed by atoms with E-state index in [-0.39, 0.29) is 6.10 Å². The van der Waals surface area contributed by atoms with Gasteiger partial charge in [-0.3, -0.25) is 0 Å². The van der Waals surface area contributed by atoms with Crippen LogP contribution in [0.1, 0.15) is 138 Å². The molecule has 0 saturated heterocycles. The summed E-state index contributed by atoms with van der Waals surface area (Å²) in [5.74, 6) is 5.22. The molecule has 2 nitrogen and oxygen atoms in total. The number of aliphatic hydroxyl groups is 2. The highest BCUT2D eigenvalue weighted by Gasteiger charge is 2.61. The van der Waals surface area contributed by atoms with E-state index in [9.17, 15) is 10.2 Å². The van der Waals surface area contributed by atoms with Crippen molar-refractivity contribution in [1.29, 1.82) is 0 Å². The molecule has 0 spiro atoms. The lowest BCUT2D eigenvalue weighted by atomic mass is 9.43. The molecule has 0 amide bonds. The van der Waals surface area contributed by atoms with Gasteiger partial charge in [0.25, 0.3) is 0 Å². The number of aliphatic hydroxyl groups excluding tert-OH is 1. The summed E-state index contributed by atoms with van der Waals surface area (Å²) in [6.07, 6.45) is 18.7. The molecule has 0 heterocycles. The Morgan fingerprint density at radius 3 is 2.14 bits per heavy atom. The average molecular weight is 487 g/mol. The van der Waals surface area contributed by atoms with Crippen LogP contribution in [-0.4, -0.2) is 21.9 Å². The second-order valence-corrected chi connectivity index (χ2v) is 15.9. The summed E-state index contributed by atoms with van der Waals surface area (Å²) in [5, 5.41) is 22.5. The molecule has 202 valence electrons. The fraction of sp³-hybridized carbons (Fsp3) is 1.00. The Labute approximate surface area is 217 Å². The summed E-state index contributed by atoms with van der Waals surface area (Å²) in [4.78, 5) is 0. The lowest BCUT2D eigenvalue weighted by Gasteiger charge is -2.62. The monoisotopic (exact) mass is 486 g/mol. The topological polar surface area (TPSA) is 40.5 Å². The zero-order chi connectivity index (χ0) is 25.2. The van der Waals surface area contributed by atoms with Crippen molar-refractivity contribution in [2.75, 3.05) is 0 Å². The molecule has 0 aromatic carbocycles. The van der Waals surface area contributed by atoms with Gasteiger partial charge < -0.3 is 10.2 Å². The van der Waals surface area contributed by atoms with Gasteiger partial charge in [-0.05, 0) is 154 Å². The van der Waals surface area contributed by atoms with E-state index in [1.165, 1.54) is 70.6 Å². The molecule has 0 aromatic heterocycles. The van der Waals surface area contributed by atoms with Gasteiger partial charge in [0.2, 0.25) is 0 Å². The van der Waals surface area contributed by atoms with Crippen molar-refractivity contribution in [3.8, 4) is 0 Å². The Morgan fingerprint density at radius 1 is 0.771 bits per heavy atom. The van der Waals surface area contributed by atoms with Crippen molar-refractivity contribution in [3.05, 3.63) is 0 Å². The van der Waals surface area contributed by atoms with Crippen molar-refractivity contribution in [2.24, 2.45) is 57.7 Å². The Morgan fingerprint density at radius 2 is 1.46 bits per heavy atom. The normalized spacial score (nSPS) is 49.5. The van der Waals surface area contributed by atoms with E-state index >= 15 is 0 Å². The van der Waals surface area contributed by atoms with Crippen molar-refractivity contribution in [2.45, 2.75) is 150 Å². The summed E-state index contributed by atoms with van der Waals surface area (Å²) in [6, 6.07) is 0. The van der Waals surface area contributed by atoms with Crippen LogP contribution in [0.3, 0.4) is 0 Å². The standard InChI is InChI=1S/C33H58O2/c1-7-33(35)19-18-31(5)24(21-33)8-9-25-27-11-10-26(32(27,6)17-14-28(25)31)22(2)29(34)20-23-12-15-30(3,4)16-13-23/h22-29,34-35H,7-21H2,1-6H3/t22-,24?,25-,26+,27-,28-,29+,31-,32+,33-/m0/s1. The molecule has 0 aromatic rings. The minimum Gasteiger partial charge on any atom is -0.393 e. The summed E-state index contributed by atoms with van der Waals surface area (Å²) in [6.45, 7) is 14.7. The summed E-state index contributed by atoms with van der Waals surface area (Å²) in [5.41, 5.74) is 1.00. The molecule has 10 atom stereocenters. The van der Waals surface area contributed by atoms with Crippen LogP contribution in [-0.2, 0) is 0 Å². The van der Waals surface area contributed by atoms with E-state index in [1.807, 2.05) is 0 Å². The van der Waals surface area contributed by atoms with Crippen molar-refractivity contribution >= 4 is 0 Å². The quantitative estimate of drug-likeness (QED) is 0.409. The van der Waals surface area contributed by atoms with Gasteiger partial charge in [0, 0.05) is 0 Å². The predicted octanol–water partition coefficient (Wildman–Crippen LogP) is 8.39. The van der Waals surface area contributed by atoms with Crippen molar-refractivity contribution in [1.82, 2.24) is 0 Å². The van der Waals surface area contributed by atoms with Gasteiger partial charge in [-0.2, -0.15) is 0 Å². The molecule has 5 saturated carbocycles. The molecule has 2 N–H and O–H groups in total. The zero-order valence-electron chi connectivity index (χ0n) is 24.1. The van der Waals surface area contributed by atoms with Gasteiger partial charge in [-0.25, -0.2) is 0 Å². The van der Waals surface area contributed by atoms with Crippen LogP contribution in [0.4, 0.5) is 0 Å². The van der Waals surface area contributed by atoms with Crippen LogP contribution >= 0.6 is 0 Å². The van der Waals surface area contributed by atoms with Crippen LogP contribution in [0.25, 0.3) is 0 Å². The highest BCUT2D eigenvalue weighted by molar-refractivity contribution is 5.11. The molecule has 2 heteroatoms. The molecule has 1 unspecified atom stereocenters. The Balaban J connectivity index is 1.25. The molecule has 5 rings (SSSR count). The second kappa shape index (κ2) is 9.29. The maximum absolute atomic E-state index is 11.4. The van der Waals surface area contributed by atoms with Crippen LogP contribution in [0.5, 0.6) is 0 Å². The first-order chi connectivity index (χ1) is 16.4. The smallest absolute Gasteiger partial charge is 0.0648 e. The molecule has 0 aliphatic heterocycles. The highest BCUT2D eigenvalue weighted by Crippen LogP contribution is 2.69. The predicted molar refractivity (Wildman–Crippen MR) is 146 cm³/mol. The minimum atomic E-state index is -0.391. The molecule has 5 aliphatic rings. The van der Waals surface area contributed by atoms with Crippen LogP contribution in [0.15, 0.2) is 0 Å². The first-order valence-electron chi connectivity index (χ1n) is 15.8. The third-order valence-electron chi connectivity index (χ3n) is 13.8. The molecular formula is C33H58O2. The van der Waals surface area contributed by atoms with Gasteiger partial charge in [-0.15, -0.1) is 0 Å². The molecule has 0 radical (unpaired) electrons. The summed E-state index contributed by atoms with van der Waals surface area (Å²) < 4.78 is 0. The highest BCUT2D eigenvalue weighted by atomic mass is 16.3. The molecular weight excluding hydrogens is 428 g/mol. The average Bonchev–Trinajstić information content (AvgIpc) is 3.17. The van der Waals surface area contributed by atoms with E-state index < -0.39 is 5.60 Å². The molecule has 5 fully saturated rings. The zero-order valence-corrected chi connectivity index (χ0v) is 24.1. The number of hydrogen-bond donors (Lipinski definition) is 2. The van der Waals surface area contributed by atoms with Crippen molar-refractivity contribution < 1.29 is 10.2 Å². The van der Waals surface area contributed by atoms with Crippen LogP contribution in [0.2, 0.25) is 0 Å². The van der Waals surface area contributed by atoms with E-state index in [1.54, 1.807) is 0 Å². The first-order valence-corrected chi connectivity index (χ1v) is 15.8. The Hall–Kier alpha value is -0.0800. The number of hydrogen-bond acceptors (Lipinski definition) is 2. The van der Waals surface area contributed by atoms with Gasteiger partial charge in [0.1, 0.15) is 0 Å². The Kier molecular flexibility index (Phi) is 7.04. The van der Waals surface area contributed by atoms with E-state index in [2.05, 4.69) is 41.5 Å². The first kappa shape index (κ1) is 26.5. The second-order valence-electron chi connectivity index (χ2n) is 15.9. The van der Waals surface area contributed by atoms with E-state index in [0.717, 1.165) is 55.3 Å². The number of rotatable bonds is 5. The lowest BCUT2D eigenvalue weighted by molar-refractivity contribution is -0.154. The third-order valence-corrected chi connectivity index (χ3v) is 13.8. The van der Waals surface area contributed by atoms with Crippen LogP contribution < -0.4 is 0 Å². The third kappa shape index (κ3) is 4.57. The Bertz CT molecular complexity index is 750. The fourth-order valence-corrected chi connectivity index (χ4v) is 11.1. The van der Waals surface area contributed by atoms with Gasteiger partial charge in [-0.1, -0.05) is 41.5 Å². The van der Waals surface area contributed by atoms with Gasteiger partial charge in [0.15, 0.2) is 0 Å². The largest absolute Gasteiger partial charge is 0.393 e. The molecule has 0 bridgehead atoms. The van der Waals surface area contributed by atoms with E-state index in [4.69, 9.17) is 0 Å². The lowest BCUT2D eigenvalue weighted by Crippen LogP contribution is -2.56. The maximum Gasteiger partial charge on any atom is 0.0648 e. The summed E-state index contributed by atoms with van der Waals surface area (Å²) >= 11 is 0. The maximum atomic E-state index is 11.4. The summed E-state index contributed by atoms with van der Waals surface area (Å²) in [7, 11) is 0. The number of fused-ring (bicyclic) bond motifs is 5. The van der Waals surface area contributed by atoms with Crippen molar-refractivity contribution in [3.63, 3.8) is 0 Å². The molecule has 35 heavy (non-hydrogen) atoms. The fourth-order valence-electron chi connectivity index (χ4n) is 11.1. The SMILES string of the molecule is CC[C@]1(O)CC[C@@]2(C)C(CC[C@H]3[C@@H]4CC[C@H]([C@H](C)[C@H](O)CC5CCC(C)(C)CC5)[C@@]4(C)CC[C@@H]32)C1. The van der Waals surface area contributed by atoms with Crippen LogP contribution in [0, 0.1) is 57.7 Å². The van der Waals surface area contributed by atoms with Gasteiger partial charge >= 0.3 is 0 Å². The van der Waals surface area contributed by atoms with Gasteiger partial charge in [0.05, 0.1) is 11.7 Å². The minimum absolute atomic E-state index is 0.113. The molecule has 5 aliphatic carbocycles.